The third kappa shape index (κ3) is 6.48. The second kappa shape index (κ2) is 11.2. The zero-order valence-corrected chi connectivity index (χ0v) is 22.5. The number of carbonyl (C=O) groups excluding carboxylic acids is 1. The largest absolute Gasteiger partial charge is 0.480 e. The molecule has 4 rings (SSSR count). The highest BCUT2D eigenvalue weighted by Gasteiger charge is 2.35. The Kier molecular flexibility index (Phi) is 8.18. The van der Waals surface area contributed by atoms with E-state index >= 15 is 0 Å². The van der Waals surface area contributed by atoms with Crippen LogP contribution >= 0.6 is 0 Å². The lowest BCUT2D eigenvalue weighted by atomic mass is 9.72. The number of benzene rings is 1. The Labute approximate surface area is 218 Å². The van der Waals surface area contributed by atoms with Gasteiger partial charge in [-0.05, 0) is 88.0 Å². The number of aliphatic carboxylic acids is 1. The standard InChI is InChI=1S/C27H36N4O5S/c1-16-11-17(2)24(18(3)12-16)37(35,36)31-23(27(33)34)15-29-26(32)21-13-19(14-21)6-8-22-9-7-20-5-4-10-28-25(20)30-22/h7,9,11-12,19,21,23,31H,4-6,8,10,13-15H2,1-3H3,(H,28,30)(H,29,32)(H,33,34)/t19?,21?,23-/m0/s1. The molecule has 4 N–H and O–H groups in total. The number of hydrogen-bond acceptors (Lipinski definition) is 6. The van der Waals surface area contributed by atoms with Gasteiger partial charge < -0.3 is 15.7 Å². The van der Waals surface area contributed by atoms with E-state index in [2.05, 4.69) is 27.5 Å². The molecule has 0 spiro atoms. The molecule has 37 heavy (non-hydrogen) atoms. The number of aryl methyl sites for hydroxylation is 5. The van der Waals surface area contributed by atoms with Crippen LogP contribution in [0, 0.1) is 32.6 Å². The van der Waals surface area contributed by atoms with Gasteiger partial charge in [-0.2, -0.15) is 4.72 Å². The van der Waals surface area contributed by atoms with E-state index in [4.69, 9.17) is 4.98 Å². The Morgan fingerprint density at radius 2 is 1.86 bits per heavy atom. The van der Waals surface area contributed by atoms with E-state index < -0.39 is 22.0 Å². The first kappa shape index (κ1) is 27.1. The first-order chi connectivity index (χ1) is 17.5. The second-order valence-corrected chi connectivity index (χ2v) is 12.0. The summed E-state index contributed by atoms with van der Waals surface area (Å²) in [6, 6.07) is 6.25. The fraction of sp³-hybridized carbons (Fsp3) is 0.519. The SMILES string of the molecule is Cc1cc(C)c(S(=O)(=O)N[C@@H](CNC(=O)C2CC(CCc3ccc4c(n3)NCCC4)C2)C(=O)O)c(C)c1. The van der Waals surface area contributed by atoms with Crippen molar-refractivity contribution in [1.29, 1.82) is 0 Å². The molecule has 0 saturated heterocycles. The number of carboxylic acid groups (broad SMARTS) is 1. The average Bonchev–Trinajstić information content (AvgIpc) is 2.79. The summed E-state index contributed by atoms with van der Waals surface area (Å²) in [6.45, 7) is 5.87. The topological polar surface area (TPSA) is 137 Å². The van der Waals surface area contributed by atoms with Crippen LogP contribution in [0.5, 0.6) is 0 Å². The van der Waals surface area contributed by atoms with E-state index in [1.807, 2.05) is 6.92 Å². The van der Waals surface area contributed by atoms with Gasteiger partial charge in [-0.15, -0.1) is 0 Å². The molecule has 1 atom stereocenters. The lowest BCUT2D eigenvalue weighted by Crippen LogP contribution is -2.50. The number of rotatable bonds is 10. The average molecular weight is 529 g/mol. The maximum Gasteiger partial charge on any atom is 0.323 e. The first-order valence-corrected chi connectivity index (χ1v) is 14.3. The van der Waals surface area contributed by atoms with Gasteiger partial charge in [0, 0.05) is 24.7 Å². The van der Waals surface area contributed by atoms with Crippen molar-refractivity contribution in [3.05, 3.63) is 52.2 Å². The molecule has 0 bridgehead atoms. The monoisotopic (exact) mass is 528 g/mol. The van der Waals surface area contributed by atoms with Crippen molar-refractivity contribution in [1.82, 2.24) is 15.0 Å². The molecule has 2 aliphatic rings. The molecule has 0 unspecified atom stereocenters. The number of pyridine rings is 1. The van der Waals surface area contributed by atoms with E-state index in [1.54, 1.807) is 26.0 Å². The van der Waals surface area contributed by atoms with Crippen molar-refractivity contribution >= 4 is 27.7 Å². The van der Waals surface area contributed by atoms with Crippen LogP contribution in [-0.2, 0) is 32.5 Å². The highest BCUT2D eigenvalue weighted by molar-refractivity contribution is 7.89. The van der Waals surface area contributed by atoms with E-state index in [-0.39, 0.29) is 23.3 Å². The minimum absolute atomic E-state index is 0.0710. The molecule has 2 heterocycles. The highest BCUT2D eigenvalue weighted by Crippen LogP contribution is 2.37. The molecule has 1 aromatic heterocycles. The summed E-state index contributed by atoms with van der Waals surface area (Å²) in [5.41, 5.74) is 4.32. The Balaban J connectivity index is 1.25. The lowest BCUT2D eigenvalue weighted by molar-refractivity contribution is -0.139. The number of carbonyl (C=O) groups is 2. The number of fused-ring (bicyclic) bond motifs is 1. The first-order valence-electron chi connectivity index (χ1n) is 12.9. The Morgan fingerprint density at radius 3 is 2.54 bits per heavy atom. The van der Waals surface area contributed by atoms with Crippen LogP contribution < -0.4 is 15.4 Å². The summed E-state index contributed by atoms with van der Waals surface area (Å²) < 4.78 is 28.2. The van der Waals surface area contributed by atoms with E-state index in [9.17, 15) is 23.1 Å². The van der Waals surface area contributed by atoms with Crippen LogP contribution in [0.25, 0.3) is 0 Å². The van der Waals surface area contributed by atoms with Gasteiger partial charge in [-0.3, -0.25) is 9.59 Å². The minimum Gasteiger partial charge on any atom is -0.480 e. The number of nitrogens with zero attached hydrogens (tertiary/aromatic N) is 1. The van der Waals surface area contributed by atoms with Crippen LogP contribution in [0.4, 0.5) is 5.82 Å². The van der Waals surface area contributed by atoms with Crippen molar-refractivity contribution in [2.24, 2.45) is 11.8 Å². The van der Waals surface area contributed by atoms with Crippen LogP contribution in [0.1, 0.15) is 53.6 Å². The molecule has 1 saturated carbocycles. The molecule has 1 aromatic carbocycles. The number of carboxylic acids is 1. The number of nitrogens with one attached hydrogen (secondary N) is 3. The van der Waals surface area contributed by atoms with Crippen molar-refractivity contribution in [3.8, 4) is 0 Å². The van der Waals surface area contributed by atoms with E-state index in [0.29, 0.717) is 17.0 Å². The Bertz CT molecular complexity index is 1260. The number of anilines is 1. The van der Waals surface area contributed by atoms with Crippen LogP contribution in [0.15, 0.2) is 29.2 Å². The summed E-state index contributed by atoms with van der Waals surface area (Å²) in [7, 11) is -4.08. The summed E-state index contributed by atoms with van der Waals surface area (Å²) in [4.78, 5) is 29.2. The van der Waals surface area contributed by atoms with Crippen LogP contribution in [0.2, 0.25) is 0 Å². The Hall–Kier alpha value is -2.98. The zero-order valence-electron chi connectivity index (χ0n) is 21.6. The van der Waals surface area contributed by atoms with Gasteiger partial charge in [0.05, 0.1) is 4.90 Å². The van der Waals surface area contributed by atoms with E-state index in [0.717, 1.165) is 62.1 Å². The van der Waals surface area contributed by atoms with Crippen molar-refractivity contribution in [3.63, 3.8) is 0 Å². The predicted molar refractivity (Wildman–Crippen MR) is 141 cm³/mol. The molecule has 1 amide bonds. The second-order valence-electron chi connectivity index (χ2n) is 10.4. The van der Waals surface area contributed by atoms with Gasteiger partial charge in [-0.1, -0.05) is 23.8 Å². The molecular weight excluding hydrogens is 492 g/mol. The molecule has 0 radical (unpaired) electrons. The van der Waals surface area contributed by atoms with Crippen LogP contribution in [-0.4, -0.2) is 49.5 Å². The number of hydrogen-bond donors (Lipinski definition) is 4. The molecular formula is C27H36N4O5S. The highest BCUT2D eigenvalue weighted by atomic mass is 32.2. The summed E-state index contributed by atoms with van der Waals surface area (Å²) in [6.07, 6.45) is 5.46. The summed E-state index contributed by atoms with van der Waals surface area (Å²) >= 11 is 0. The van der Waals surface area contributed by atoms with Gasteiger partial charge in [-0.25, -0.2) is 13.4 Å². The number of amides is 1. The fourth-order valence-corrected chi connectivity index (χ4v) is 7.05. The molecule has 1 aliphatic carbocycles. The molecule has 1 aliphatic heterocycles. The Morgan fingerprint density at radius 1 is 1.16 bits per heavy atom. The quantitative estimate of drug-likeness (QED) is 0.372. The molecule has 2 aromatic rings. The lowest BCUT2D eigenvalue weighted by Gasteiger charge is -2.34. The zero-order chi connectivity index (χ0) is 26.7. The summed E-state index contributed by atoms with van der Waals surface area (Å²) in [5.74, 6) is -0.352. The fourth-order valence-electron chi connectivity index (χ4n) is 5.41. The normalized spacial score (nSPS) is 19.8. The maximum absolute atomic E-state index is 13.0. The van der Waals surface area contributed by atoms with Gasteiger partial charge in [0.25, 0.3) is 0 Å². The minimum atomic E-state index is -4.08. The molecule has 10 heteroatoms. The molecule has 200 valence electrons. The van der Waals surface area contributed by atoms with Crippen molar-refractivity contribution in [2.75, 3.05) is 18.4 Å². The van der Waals surface area contributed by atoms with Crippen molar-refractivity contribution in [2.45, 2.75) is 70.2 Å². The molecule has 1 fully saturated rings. The van der Waals surface area contributed by atoms with Crippen LogP contribution in [0.3, 0.4) is 0 Å². The van der Waals surface area contributed by atoms with E-state index in [1.165, 1.54) is 5.56 Å². The van der Waals surface area contributed by atoms with Gasteiger partial charge in [0.1, 0.15) is 11.9 Å². The van der Waals surface area contributed by atoms with Crippen molar-refractivity contribution < 1.29 is 23.1 Å². The third-order valence-electron chi connectivity index (χ3n) is 7.32. The molecule has 9 nitrogen and oxygen atoms in total. The predicted octanol–water partition coefficient (Wildman–Crippen LogP) is 2.87. The smallest absolute Gasteiger partial charge is 0.323 e. The van der Waals surface area contributed by atoms with Gasteiger partial charge in [0.2, 0.25) is 15.9 Å². The van der Waals surface area contributed by atoms with Gasteiger partial charge >= 0.3 is 5.97 Å². The number of aromatic nitrogens is 1. The third-order valence-corrected chi connectivity index (χ3v) is 9.09. The van der Waals surface area contributed by atoms with Gasteiger partial charge in [0.15, 0.2) is 0 Å². The number of sulfonamides is 1. The maximum atomic E-state index is 13.0. The summed E-state index contributed by atoms with van der Waals surface area (Å²) in [5, 5.41) is 15.6.